The average Bonchev–Trinajstić information content (AvgIpc) is 2.97. The molecular weight excluding hydrogens is 272 g/mol. The molecule has 1 aliphatic rings. The maximum Gasteiger partial charge on any atom is 0.0105 e. The van der Waals surface area contributed by atoms with E-state index in [1.165, 1.54) is 68.4 Å². The van der Waals surface area contributed by atoms with Crippen molar-refractivity contribution in [1.82, 2.24) is 0 Å². The number of benzene rings is 1. The molecule has 0 radical (unpaired) electrons. The standard InChI is InChI=1S/C20H32S/c1-4-6-8-9-14-20(3,13-7-5-2)18-10-11-19-17(16-18)12-15-21-19/h10-11,16H,4-9,12-15H2,1-3H3. The van der Waals surface area contributed by atoms with Crippen LogP contribution in [0.2, 0.25) is 0 Å². The summed E-state index contributed by atoms with van der Waals surface area (Å²) in [6.07, 6.45) is 12.2. The first-order chi connectivity index (χ1) is 10.2. The summed E-state index contributed by atoms with van der Waals surface area (Å²) < 4.78 is 0. The molecule has 0 amide bonds. The highest BCUT2D eigenvalue weighted by Crippen LogP contribution is 2.39. The Morgan fingerprint density at radius 3 is 2.52 bits per heavy atom. The highest BCUT2D eigenvalue weighted by Gasteiger charge is 2.27. The normalized spacial score (nSPS) is 16.7. The summed E-state index contributed by atoms with van der Waals surface area (Å²) in [5, 5.41) is 0. The van der Waals surface area contributed by atoms with Crippen molar-refractivity contribution in [3.63, 3.8) is 0 Å². The summed E-state index contributed by atoms with van der Waals surface area (Å²) in [5.41, 5.74) is 3.61. The van der Waals surface area contributed by atoms with Gasteiger partial charge in [-0.3, -0.25) is 0 Å². The maximum atomic E-state index is 2.53. The van der Waals surface area contributed by atoms with Crippen molar-refractivity contribution in [3.05, 3.63) is 29.3 Å². The Labute approximate surface area is 136 Å². The van der Waals surface area contributed by atoms with E-state index in [4.69, 9.17) is 0 Å². The number of rotatable bonds is 9. The Morgan fingerprint density at radius 1 is 1.00 bits per heavy atom. The number of hydrogen-bond donors (Lipinski definition) is 0. The van der Waals surface area contributed by atoms with E-state index in [1.54, 1.807) is 11.1 Å². The molecule has 0 aromatic heterocycles. The molecule has 1 atom stereocenters. The van der Waals surface area contributed by atoms with Gasteiger partial charge in [0.15, 0.2) is 0 Å². The molecule has 0 bridgehead atoms. The predicted molar refractivity (Wildman–Crippen MR) is 96.5 cm³/mol. The predicted octanol–water partition coefficient (Wildman–Crippen LogP) is 6.75. The minimum Gasteiger partial charge on any atom is -0.126 e. The van der Waals surface area contributed by atoms with Crippen LogP contribution in [-0.2, 0) is 11.8 Å². The van der Waals surface area contributed by atoms with E-state index in [2.05, 4.69) is 39.0 Å². The molecule has 1 heteroatoms. The van der Waals surface area contributed by atoms with Gasteiger partial charge in [0.2, 0.25) is 0 Å². The smallest absolute Gasteiger partial charge is 0.0105 e. The topological polar surface area (TPSA) is 0 Å². The van der Waals surface area contributed by atoms with Crippen molar-refractivity contribution < 1.29 is 0 Å². The van der Waals surface area contributed by atoms with Gasteiger partial charge in [0.1, 0.15) is 0 Å². The highest BCUT2D eigenvalue weighted by atomic mass is 32.2. The van der Waals surface area contributed by atoms with Crippen LogP contribution in [0.5, 0.6) is 0 Å². The Balaban J connectivity index is 2.10. The molecule has 0 nitrogen and oxygen atoms in total. The minimum atomic E-state index is 0.395. The first kappa shape index (κ1) is 16.9. The fourth-order valence-electron chi connectivity index (χ4n) is 3.48. The molecule has 1 aliphatic heterocycles. The zero-order valence-corrected chi connectivity index (χ0v) is 15.0. The van der Waals surface area contributed by atoms with E-state index in [9.17, 15) is 0 Å². The van der Waals surface area contributed by atoms with Gasteiger partial charge < -0.3 is 0 Å². The Kier molecular flexibility index (Phi) is 6.67. The molecular formula is C20H32S. The molecule has 1 aromatic rings. The van der Waals surface area contributed by atoms with Gasteiger partial charge in [-0.2, -0.15) is 0 Å². The summed E-state index contributed by atoms with van der Waals surface area (Å²) in [6.45, 7) is 7.13. The second-order valence-corrected chi connectivity index (χ2v) is 8.03. The van der Waals surface area contributed by atoms with Gasteiger partial charge in [-0.25, -0.2) is 0 Å². The molecule has 0 spiro atoms. The summed E-state index contributed by atoms with van der Waals surface area (Å²) in [7, 11) is 0. The SMILES string of the molecule is CCCCCCC(C)(CCCC)c1ccc2c(c1)CCS2. The Morgan fingerprint density at radius 2 is 1.76 bits per heavy atom. The highest BCUT2D eigenvalue weighted by molar-refractivity contribution is 7.99. The lowest BCUT2D eigenvalue weighted by Crippen LogP contribution is -2.22. The molecule has 0 saturated heterocycles. The van der Waals surface area contributed by atoms with E-state index in [0.717, 1.165) is 0 Å². The molecule has 118 valence electrons. The molecule has 0 saturated carbocycles. The minimum absolute atomic E-state index is 0.395. The average molecular weight is 305 g/mol. The van der Waals surface area contributed by atoms with Gasteiger partial charge >= 0.3 is 0 Å². The zero-order chi connectivity index (χ0) is 15.1. The monoisotopic (exact) mass is 304 g/mol. The first-order valence-corrected chi connectivity index (χ1v) is 9.94. The second-order valence-electron chi connectivity index (χ2n) is 6.90. The molecule has 0 N–H and O–H groups in total. The second kappa shape index (κ2) is 8.27. The number of hydrogen-bond acceptors (Lipinski definition) is 1. The fraction of sp³-hybridized carbons (Fsp3) is 0.700. The Hall–Kier alpha value is -0.430. The third-order valence-corrected chi connectivity index (χ3v) is 6.17. The molecule has 2 rings (SSSR count). The van der Waals surface area contributed by atoms with Crippen molar-refractivity contribution in [3.8, 4) is 0 Å². The largest absolute Gasteiger partial charge is 0.126 e. The third kappa shape index (κ3) is 4.52. The van der Waals surface area contributed by atoms with Crippen LogP contribution >= 0.6 is 11.8 Å². The van der Waals surface area contributed by atoms with Gasteiger partial charge in [-0.15, -0.1) is 11.8 Å². The molecule has 21 heavy (non-hydrogen) atoms. The van der Waals surface area contributed by atoms with Crippen molar-refractivity contribution >= 4 is 11.8 Å². The van der Waals surface area contributed by atoms with Gasteiger partial charge in [-0.1, -0.05) is 71.4 Å². The van der Waals surface area contributed by atoms with E-state index < -0.39 is 0 Å². The van der Waals surface area contributed by atoms with Gasteiger partial charge in [0.25, 0.3) is 0 Å². The number of unbranched alkanes of at least 4 members (excludes halogenated alkanes) is 4. The van der Waals surface area contributed by atoms with Crippen LogP contribution in [0.15, 0.2) is 23.1 Å². The van der Waals surface area contributed by atoms with Gasteiger partial charge in [0, 0.05) is 10.6 Å². The number of thioether (sulfide) groups is 1. The summed E-state index contributed by atoms with van der Waals surface area (Å²) in [4.78, 5) is 1.53. The van der Waals surface area contributed by atoms with E-state index in [-0.39, 0.29) is 0 Å². The summed E-state index contributed by atoms with van der Waals surface area (Å²) >= 11 is 2.03. The van der Waals surface area contributed by atoms with Gasteiger partial charge in [-0.05, 0) is 41.9 Å². The van der Waals surface area contributed by atoms with Crippen LogP contribution < -0.4 is 0 Å². The van der Waals surface area contributed by atoms with Crippen LogP contribution in [0, 0.1) is 0 Å². The van der Waals surface area contributed by atoms with Crippen LogP contribution in [0.4, 0.5) is 0 Å². The molecule has 0 aliphatic carbocycles. The lowest BCUT2D eigenvalue weighted by Gasteiger charge is -2.31. The molecule has 1 aromatic carbocycles. The van der Waals surface area contributed by atoms with E-state index in [0.29, 0.717) is 5.41 Å². The first-order valence-electron chi connectivity index (χ1n) is 8.96. The third-order valence-electron chi connectivity index (χ3n) is 5.05. The lowest BCUT2D eigenvalue weighted by molar-refractivity contribution is 0.369. The van der Waals surface area contributed by atoms with Crippen LogP contribution in [0.1, 0.15) is 83.3 Å². The van der Waals surface area contributed by atoms with Crippen molar-refractivity contribution in [2.24, 2.45) is 0 Å². The lowest BCUT2D eigenvalue weighted by atomic mass is 9.74. The fourth-order valence-corrected chi connectivity index (χ4v) is 4.54. The van der Waals surface area contributed by atoms with Crippen molar-refractivity contribution in [2.75, 3.05) is 5.75 Å². The van der Waals surface area contributed by atoms with E-state index >= 15 is 0 Å². The van der Waals surface area contributed by atoms with E-state index in [1.807, 2.05) is 11.8 Å². The molecule has 1 unspecified atom stereocenters. The molecule has 1 heterocycles. The van der Waals surface area contributed by atoms with Gasteiger partial charge in [0.05, 0.1) is 0 Å². The number of aryl methyl sites for hydroxylation is 1. The van der Waals surface area contributed by atoms with Crippen LogP contribution in [0.3, 0.4) is 0 Å². The van der Waals surface area contributed by atoms with Crippen molar-refractivity contribution in [1.29, 1.82) is 0 Å². The Bertz CT molecular complexity index is 437. The number of fused-ring (bicyclic) bond motifs is 1. The molecule has 0 fully saturated rings. The zero-order valence-electron chi connectivity index (χ0n) is 14.2. The van der Waals surface area contributed by atoms with Crippen molar-refractivity contribution in [2.45, 2.75) is 88.9 Å². The quantitative estimate of drug-likeness (QED) is 0.454. The van der Waals surface area contributed by atoms with Crippen LogP contribution in [-0.4, -0.2) is 5.75 Å². The van der Waals surface area contributed by atoms with Crippen LogP contribution in [0.25, 0.3) is 0 Å². The maximum absolute atomic E-state index is 2.53. The summed E-state index contributed by atoms with van der Waals surface area (Å²) in [5.74, 6) is 1.28. The summed E-state index contributed by atoms with van der Waals surface area (Å²) in [6, 6.07) is 7.34.